The summed E-state index contributed by atoms with van der Waals surface area (Å²) in [7, 11) is 0. The highest BCUT2D eigenvalue weighted by Crippen LogP contribution is 2.00. The second-order valence-corrected chi connectivity index (χ2v) is 2.92. The van der Waals surface area contributed by atoms with Crippen LogP contribution in [-0.4, -0.2) is 12.7 Å². The van der Waals surface area contributed by atoms with E-state index < -0.39 is 0 Å². The summed E-state index contributed by atoms with van der Waals surface area (Å²) in [4.78, 5) is 0. The number of nitriles is 1. The second kappa shape index (κ2) is 5.95. The molecule has 0 aliphatic heterocycles. The number of hydrogen-bond donors (Lipinski definition) is 0. The molecule has 1 rings (SSSR count). The molecule has 1 atom stereocenters. The highest BCUT2D eigenvalue weighted by molar-refractivity contribution is 5.48. The molecule has 0 aromatic heterocycles. The van der Waals surface area contributed by atoms with Crippen LogP contribution >= 0.6 is 0 Å². The van der Waals surface area contributed by atoms with Crippen LogP contribution in [-0.2, 0) is 4.74 Å². The lowest BCUT2D eigenvalue weighted by molar-refractivity contribution is 0.128. The average Bonchev–Trinajstić information content (AvgIpc) is 2.25. The first-order chi connectivity index (χ1) is 6.83. The molecule has 72 valence electrons. The van der Waals surface area contributed by atoms with Crippen molar-refractivity contribution >= 4 is 6.08 Å². The van der Waals surface area contributed by atoms with Gasteiger partial charge in [-0.05, 0) is 12.5 Å². The van der Waals surface area contributed by atoms with Crippen molar-refractivity contribution in [2.75, 3.05) is 6.61 Å². The van der Waals surface area contributed by atoms with Crippen LogP contribution in [0.3, 0.4) is 0 Å². The van der Waals surface area contributed by atoms with E-state index in [1.807, 2.05) is 48.6 Å². The van der Waals surface area contributed by atoms with E-state index in [1.54, 1.807) is 6.92 Å². The van der Waals surface area contributed by atoms with Gasteiger partial charge in [0.2, 0.25) is 0 Å². The largest absolute Gasteiger partial charge is 0.360 e. The molecule has 0 aliphatic carbocycles. The number of benzene rings is 1. The van der Waals surface area contributed by atoms with Crippen LogP contribution in [0.1, 0.15) is 12.5 Å². The molecule has 1 unspecified atom stereocenters. The minimum atomic E-state index is -0.338. The fraction of sp³-hybridized carbons (Fsp3) is 0.250. The number of hydrogen-bond acceptors (Lipinski definition) is 2. The van der Waals surface area contributed by atoms with Gasteiger partial charge >= 0.3 is 0 Å². The Labute approximate surface area is 84.4 Å². The van der Waals surface area contributed by atoms with Gasteiger partial charge in [0.15, 0.2) is 0 Å². The molecule has 0 saturated heterocycles. The zero-order valence-electron chi connectivity index (χ0n) is 8.18. The maximum Gasteiger partial charge on any atom is 0.141 e. The minimum Gasteiger partial charge on any atom is -0.360 e. The summed E-state index contributed by atoms with van der Waals surface area (Å²) in [5, 5.41) is 8.45. The Kier molecular flexibility index (Phi) is 4.46. The first-order valence-corrected chi connectivity index (χ1v) is 4.55. The Morgan fingerprint density at radius 1 is 1.43 bits per heavy atom. The fourth-order valence-electron chi connectivity index (χ4n) is 0.986. The fourth-order valence-corrected chi connectivity index (χ4v) is 0.986. The summed E-state index contributed by atoms with van der Waals surface area (Å²) >= 11 is 0. The smallest absolute Gasteiger partial charge is 0.141 e. The molecule has 1 aromatic carbocycles. The zero-order valence-corrected chi connectivity index (χ0v) is 8.18. The van der Waals surface area contributed by atoms with E-state index in [-0.39, 0.29) is 6.10 Å². The van der Waals surface area contributed by atoms with Gasteiger partial charge in [-0.25, -0.2) is 0 Å². The molecule has 0 radical (unpaired) electrons. The van der Waals surface area contributed by atoms with E-state index in [0.29, 0.717) is 6.61 Å². The Morgan fingerprint density at radius 2 is 2.14 bits per heavy atom. The molecule has 0 bridgehead atoms. The van der Waals surface area contributed by atoms with Gasteiger partial charge in [-0.1, -0.05) is 42.5 Å². The van der Waals surface area contributed by atoms with Gasteiger partial charge in [-0.15, -0.1) is 0 Å². The van der Waals surface area contributed by atoms with Crippen LogP contribution in [0.15, 0.2) is 36.4 Å². The molecule has 0 fully saturated rings. The lowest BCUT2D eigenvalue weighted by atomic mass is 10.2. The topological polar surface area (TPSA) is 33.0 Å². The summed E-state index contributed by atoms with van der Waals surface area (Å²) in [6.07, 6.45) is 3.54. The molecule has 2 heteroatoms. The standard InChI is InChI=1S/C12H13NO/c1-11(10-13)14-9-5-8-12-6-3-2-4-7-12/h2-8,11H,9H2,1H3/b8-5+. The van der Waals surface area contributed by atoms with Crippen molar-refractivity contribution < 1.29 is 4.74 Å². The maximum atomic E-state index is 8.45. The van der Waals surface area contributed by atoms with Crippen molar-refractivity contribution in [3.63, 3.8) is 0 Å². The Balaban J connectivity index is 2.32. The average molecular weight is 187 g/mol. The van der Waals surface area contributed by atoms with Gasteiger partial charge in [0.25, 0.3) is 0 Å². The lowest BCUT2D eigenvalue weighted by Crippen LogP contribution is -2.03. The van der Waals surface area contributed by atoms with Crippen molar-refractivity contribution in [2.45, 2.75) is 13.0 Å². The van der Waals surface area contributed by atoms with Gasteiger partial charge in [-0.3, -0.25) is 0 Å². The molecule has 0 amide bonds. The molecular formula is C12H13NO. The quantitative estimate of drug-likeness (QED) is 0.725. The predicted molar refractivity (Wildman–Crippen MR) is 56.5 cm³/mol. The molecule has 0 heterocycles. The van der Waals surface area contributed by atoms with Crippen LogP contribution in [0.25, 0.3) is 6.08 Å². The molecular weight excluding hydrogens is 174 g/mol. The normalized spacial score (nSPS) is 12.6. The number of ether oxygens (including phenoxy) is 1. The van der Waals surface area contributed by atoms with Gasteiger partial charge in [-0.2, -0.15) is 5.26 Å². The third-order valence-corrected chi connectivity index (χ3v) is 1.73. The Bertz CT molecular complexity index is 324. The Hall–Kier alpha value is -1.59. The summed E-state index contributed by atoms with van der Waals surface area (Å²) in [6, 6.07) is 12.0. The van der Waals surface area contributed by atoms with Crippen molar-refractivity contribution in [1.29, 1.82) is 5.26 Å². The summed E-state index contributed by atoms with van der Waals surface area (Å²) in [5.41, 5.74) is 1.14. The molecule has 0 aliphatic rings. The lowest BCUT2D eigenvalue weighted by Gasteiger charge is -2.00. The van der Waals surface area contributed by atoms with E-state index in [0.717, 1.165) is 5.56 Å². The van der Waals surface area contributed by atoms with E-state index in [1.165, 1.54) is 0 Å². The molecule has 14 heavy (non-hydrogen) atoms. The number of nitrogens with zero attached hydrogens (tertiary/aromatic N) is 1. The van der Waals surface area contributed by atoms with Crippen LogP contribution in [0.5, 0.6) is 0 Å². The van der Waals surface area contributed by atoms with E-state index in [9.17, 15) is 0 Å². The molecule has 0 spiro atoms. The maximum absolute atomic E-state index is 8.45. The van der Waals surface area contributed by atoms with Crippen LogP contribution in [0.2, 0.25) is 0 Å². The van der Waals surface area contributed by atoms with Gasteiger partial charge in [0, 0.05) is 0 Å². The van der Waals surface area contributed by atoms with Gasteiger partial charge in [0.05, 0.1) is 12.7 Å². The minimum absolute atomic E-state index is 0.338. The van der Waals surface area contributed by atoms with Crippen LogP contribution in [0, 0.1) is 11.3 Å². The van der Waals surface area contributed by atoms with Crippen molar-refractivity contribution in [1.82, 2.24) is 0 Å². The highest BCUT2D eigenvalue weighted by atomic mass is 16.5. The summed E-state index contributed by atoms with van der Waals surface area (Å²) in [6.45, 7) is 2.21. The number of rotatable bonds is 4. The molecule has 0 saturated carbocycles. The first-order valence-electron chi connectivity index (χ1n) is 4.55. The molecule has 0 N–H and O–H groups in total. The third kappa shape index (κ3) is 3.88. The Morgan fingerprint density at radius 3 is 2.79 bits per heavy atom. The molecule has 2 nitrogen and oxygen atoms in total. The van der Waals surface area contributed by atoms with Crippen molar-refractivity contribution in [3.05, 3.63) is 42.0 Å². The zero-order chi connectivity index (χ0) is 10.2. The molecule has 1 aromatic rings. The van der Waals surface area contributed by atoms with Gasteiger partial charge in [0.1, 0.15) is 6.10 Å². The van der Waals surface area contributed by atoms with Crippen LogP contribution in [0.4, 0.5) is 0 Å². The second-order valence-electron chi connectivity index (χ2n) is 2.92. The van der Waals surface area contributed by atoms with E-state index >= 15 is 0 Å². The van der Waals surface area contributed by atoms with Crippen molar-refractivity contribution in [3.8, 4) is 6.07 Å². The van der Waals surface area contributed by atoms with E-state index in [2.05, 4.69) is 0 Å². The predicted octanol–water partition coefficient (Wildman–Crippen LogP) is 2.63. The first kappa shape index (κ1) is 10.5. The SMILES string of the molecule is CC(C#N)OC/C=C/c1ccccc1. The van der Waals surface area contributed by atoms with E-state index in [4.69, 9.17) is 10.00 Å². The summed E-state index contributed by atoms with van der Waals surface area (Å²) in [5.74, 6) is 0. The van der Waals surface area contributed by atoms with Crippen molar-refractivity contribution in [2.24, 2.45) is 0 Å². The van der Waals surface area contributed by atoms with Crippen LogP contribution < -0.4 is 0 Å². The summed E-state index contributed by atoms with van der Waals surface area (Å²) < 4.78 is 5.16. The monoisotopic (exact) mass is 187 g/mol. The van der Waals surface area contributed by atoms with Gasteiger partial charge < -0.3 is 4.74 Å². The third-order valence-electron chi connectivity index (χ3n) is 1.73. The highest BCUT2D eigenvalue weighted by Gasteiger charge is 1.94.